The van der Waals surface area contributed by atoms with Crippen LogP contribution in [0.2, 0.25) is 0 Å². The lowest BCUT2D eigenvalue weighted by atomic mass is 10.1. The molecule has 1 amide bonds. The first-order valence-corrected chi connectivity index (χ1v) is 10.3. The van der Waals surface area contributed by atoms with Crippen molar-refractivity contribution in [3.63, 3.8) is 0 Å². The second-order valence-corrected chi connectivity index (χ2v) is 8.50. The highest BCUT2D eigenvalue weighted by molar-refractivity contribution is 7.89. The first-order chi connectivity index (χ1) is 13.1. The van der Waals surface area contributed by atoms with Crippen molar-refractivity contribution in [3.8, 4) is 5.75 Å². The Balaban J connectivity index is 2.32. The molecule has 0 aromatic heterocycles. The Morgan fingerprint density at radius 2 is 1.71 bits per heavy atom. The van der Waals surface area contributed by atoms with Crippen LogP contribution in [0.1, 0.15) is 42.7 Å². The third kappa shape index (κ3) is 4.88. The third-order valence-electron chi connectivity index (χ3n) is 4.37. The summed E-state index contributed by atoms with van der Waals surface area (Å²) in [6, 6.07) is 9.70. The molecule has 2 aromatic rings. The highest BCUT2D eigenvalue weighted by Crippen LogP contribution is 2.25. The van der Waals surface area contributed by atoms with Crippen LogP contribution in [0, 0.1) is 5.82 Å². The molecule has 0 aliphatic rings. The fourth-order valence-corrected chi connectivity index (χ4v) is 3.96. The van der Waals surface area contributed by atoms with E-state index >= 15 is 0 Å². The Kier molecular flexibility index (Phi) is 6.79. The summed E-state index contributed by atoms with van der Waals surface area (Å²) in [6.45, 7) is 5.16. The number of hydrogen-bond donors (Lipinski definition) is 1. The van der Waals surface area contributed by atoms with Crippen LogP contribution >= 0.6 is 0 Å². The average molecular weight is 408 g/mol. The summed E-state index contributed by atoms with van der Waals surface area (Å²) in [5.74, 6) is -0.698. The number of sulfonamides is 1. The summed E-state index contributed by atoms with van der Waals surface area (Å²) in [6.07, 6.45) is 0. The van der Waals surface area contributed by atoms with Gasteiger partial charge < -0.3 is 9.64 Å². The van der Waals surface area contributed by atoms with Crippen LogP contribution in [-0.2, 0) is 10.0 Å². The molecule has 6 nitrogen and oxygen atoms in total. The second-order valence-electron chi connectivity index (χ2n) is 6.78. The summed E-state index contributed by atoms with van der Waals surface area (Å²) >= 11 is 0. The van der Waals surface area contributed by atoms with Crippen molar-refractivity contribution in [3.05, 3.63) is 59.4 Å². The zero-order valence-corrected chi connectivity index (χ0v) is 17.4. The lowest BCUT2D eigenvalue weighted by Gasteiger charge is -2.26. The van der Waals surface area contributed by atoms with Gasteiger partial charge >= 0.3 is 0 Å². The van der Waals surface area contributed by atoms with Crippen molar-refractivity contribution in [1.82, 2.24) is 9.62 Å². The minimum Gasteiger partial charge on any atom is -0.497 e. The summed E-state index contributed by atoms with van der Waals surface area (Å²) in [7, 11) is -0.732. The van der Waals surface area contributed by atoms with E-state index in [1.54, 1.807) is 47.1 Å². The minimum absolute atomic E-state index is 0.156. The lowest BCUT2D eigenvalue weighted by Crippen LogP contribution is -2.32. The highest BCUT2D eigenvalue weighted by Gasteiger charge is 2.24. The third-order valence-corrected chi connectivity index (χ3v) is 6.03. The largest absolute Gasteiger partial charge is 0.497 e. The Labute approximate surface area is 165 Å². The maximum Gasteiger partial charge on any atom is 0.257 e. The van der Waals surface area contributed by atoms with E-state index in [2.05, 4.69) is 4.72 Å². The van der Waals surface area contributed by atoms with E-state index in [0.29, 0.717) is 5.75 Å². The average Bonchev–Trinajstić information content (AvgIpc) is 2.65. The first kappa shape index (κ1) is 21.8. The van der Waals surface area contributed by atoms with E-state index in [0.717, 1.165) is 23.8 Å². The van der Waals surface area contributed by atoms with Gasteiger partial charge in [-0.3, -0.25) is 4.79 Å². The van der Waals surface area contributed by atoms with Gasteiger partial charge in [0.05, 0.1) is 23.6 Å². The molecule has 0 spiro atoms. The number of benzene rings is 2. The quantitative estimate of drug-likeness (QED) is 0.762. The molecule has 28 heavy (non-hydrogen) atoms. The summed E-state index contributed by atoms with van der Waals surface area (Å²) in [5.41, 5.74) is 0.539. The molecule has 0 aliphatic heterocycles. The molecule has 2 aromatic carbocycles. The number of halogens is 1. The van der Waals surface area contributed by atoms with Crippen LogP contribution in [-0.4, -0.2) is 39.4 Å². The van der Waals surface area contributed by atoms with Gasteiger partial charge in [-0.05, 0) is 56.7 Å². The molecule has 0 radical (unpaired) electrons. The van der Waals surface area contributed by atoms with Gasteiger partial charge in [0.2, 0.25) is 10.0 Å². The number of carbonyl (C=O) groups is 1. The van der Waals surface area contributed by atoms with Gasteiger partial charge in [0, 0.05) is 13.1 Å². The SMILES string of the molecule is COc1ccc(C(C)N(C)C(=O)c2cc(S(=O)(=O)NC(C)C)ccc2F)cc1. The van der Waals surface area contributed by atoms with Crippen LogP contribution in [0.15, 0.2) is 47.4 Å². The van der Waals surface area contributed by atoms with E-state index < -0.39 is 21.7 Å². The molecule has 0 fully saturated rings. The standard InChI is InChI=1S/C20H25FN2O4S/c1-13(2)22-28(25,26)17-10-11-19(21)18(12-17)20(24)23(4)14(3)15-6-8-16(27-5)9-7-15/h6-14,22H,1-5H3. The first-order valence-electron chi connectivity index (χ1n) is 8.79. The van der Waals surface area contributed by atoms with E-state index in [9.17, 15) is 17.6 Å². The highest BCUT2D eigenvalue weighted by atomic mass is 32.2. The normalized spacial score (nSPS) is 12.7. The molecule has 2 rings (SSSR count). The van der Waals surface area contributed by atoms with Gasteiger partial charge in [0.15, 0.2) is 0 Å². The van der Waals surface area contributed by atoms with Crippen LogP contribution in [0.25, 0.3) is 0 Å². The zero-order valence-electron chi connectivity index (χ0n) is 16.6. The minimum atomic E-state index is -3.84. The molecule has 1 atom stereocenters. The number of methoxy groups -OCH3 is 1. The molecular weight excluding hydrogens is 383 g/mol. The van der Waals surface area contributed by atoms with Crippen LogP contribution < -0.4 is 9.46 Å². The number of amides is 1. The maximum absolute atomic E-state index is 14.3. The van der Waals surface area contributed by atoms with Gasteiger partial charge in [-0.25, -0.2) is 17.5 Å². The monoisotopic (exact) mass is 408 g/mol. The molecule has 1 N–H and O–H groups in total. The van der Waals surface area contributed by atoms with Gasteiger partial charge in [0.1, 0.15) is 11.6 Å². The topological polar surface area (TPSA) is 75.7 Å². The van der Waals surface area contributed by atoms with Crippen molar-refractivity contribution >= 4 is 15.9 Å². The number of rotatable bonds is 7. The van der Waals surface area contributed by atoms with Crippen molar-refractivity contribution < 1.29 is 22.3 Å². The van der Waals surface area contributed by atoms with Crippen LogP contribution in [0.4, 0.5) is 4.39 Å². The number of carbonyl (C=O) groups excluding carboxylic acids is 1. The summed E-state index contributed by atoms with van der Waals surface area (Å²) in [5, 5.41) is 0. The molecule has 8 heteroatoms. The van der Waals surface area contributed by atoms with Crippen molar-refractivity contribution in [2.45, 2.75) is 37.8 Å². The van der Waals surface area contributed by atoms with Crippen LogP contribution in [0.5, 0.6) is 5.75 Å². The number of nitrogens with one attached hydrogen (secondary N) is 1. The van der Waals surface area contributed by atoms with Gasteiger partial charge in [-0.2, -0.15) is 0 Å². The lowest BCUT2D eigenvalue weighted by molar-refractivity contribution is 0.0737. The van der Waals surface area contributed by atoms with E-state index in [1.165, 1.54) is 4.90 Å². The maximum atomic E-state index is 14.3. The predicted octanol–water partition coefficient (Wildman–Crippen LogP) is 3.35. The van der Waals surface area contributed by atoms with Gasteiger partial charge in [-0.1, -0.05) is 12.1 Å². The Morgan fingerprint density at radius 1 is 1.11 bits per heavy atom. The molecule has 0 saturated carbocycles. The number of nitrogens with zero attached hydrogens (tertiary/aromatic N) is 1. The van der Waals surface area contributed by atoms with Crippen molar-refractivity contribution in [2.24, 2.45) is 0 Å². The Morgan fingerprint density at radius 3 is 2.25 bits per heavy atom. The molecule has 0 heterocycles. The molecule has 1 unspecified atom stereocenters. The smallest absolute Gasteiger partial charge is 0.257 e. The molecule has 0 saturated heterocycles. The summed E-state index contributed by atoms with van der Waals surface area (Å²) < 4.78 is 46.5. The predicted molar refractivity (Wildman–Crippen MR) is 105 cm³/mol. The molecule has 0 aliphatic carbocycles. The van der Waals surface area contributed by atoms with E-state index in [1.807, 2.05) is 12.1 Å². The van der Waals surface area contributed by atoms with E-state index in [-0.39, 0.29) is 22.5 Å². The van der Waals surface area contributed by atoms with Crippen molar-refractivity contribution in [1.29, 1.82) is 0 Å². The van der Waals surface area contributed by atoms with E-state index in [4.69, 9.17) is 4.74 Å². The Bertz CT molecular complexity index is 943. The van der Waals surface area contributed by atoms with Gasteiger partial charge in [-0.15, -0.1) is 0 Å². The number of hydrogen-bond acceptors (Lipinski definition) is 4. The fourth-order valence-electron chi connectivity index (χ4n) is 2.69. The number of ether oxygens (including phenoxy) is 1. The molecule has 0 bridgehead atoms. The fraction of sp³-hybridized carbons (Fsp3) is 0.350. The molecule has 152 valence electrons. The second kappa shape index (κ2) is 8.70. The van der Waals surface area contributed by atoms with Crippen molar-refractivity contribution in [2.75, 3.05) is 14.2 Å². The van der Waals surface area contributed by atoms with Gasteiger partial charge in [0.25, 0.3) is 5.91 Å². The zero-order chi connectivity index (χ0) is 21.1. The summed E-state index contributed by atoms with van der Waals surface area (Å²) in [4.78, 5) is 14.1. The molecular formula is C20H25FN2O4S. The van der Waals surface area contributed by atoms with Crippen LogP contribution in [0.3, 0.4) is 0 Å². The Hall–Kier alpha value is -2.45.